The number of amides is 4. The molecule has 2 aromatic heterocycles. The Morgan fingerprint density at radius 3 is 1.27 bits per heavy atom. The second-order valence-corrected chi connectivity index (χ2v) is 27.4. The van der Waals surface area contributed by atoms with Gasteiger partial charge in [-0.1, -0.05) is 52.0 Å². The number of carbonyl (C=O) groups is 4. The van der Waals surface area contributed by atoms with Gasteiger partial charge in [0.15, 0.2) is 0 Å². The molecule has 0 saturated carbocycles. The van der Waals surface area contributed by atoms with Gasteiger partial charge >= 0.3 is 0 Å². The van der Waals surface area contributed by atoms with E-state index in [2.05, 4.69) is 64.7 Å². The standard InChI is InChI=1S/C68H88F2N12O6/c1-43-35-79(39-59(83)81-41-67(3,4)61-57(81)29-51(65(87)75-61)27-45-7-15-53(69)16-8-45)55(33-71-43)37-77-23-19-47(20-24-77)31-73-63(85)49-11-13-50(14-12-49)64(86)74-32-48-21-25-78(26-22-48)38-56-34-72-44(2)36-80(56)40-60(84)82-42-68(5,6)62-58(82)30-52(66(88)76-62)28-46-9-17-54(70)18-10-46/h7-18,29-30,43-44,47-48,55-56,71-72H,19-28,31-42H2,1-6H3,(H,73,85)(H,74,86)(H,75,87)(H,76,88)/t43-,44-,55-,56-/m1/s1. The second-order valence-electron chi connectivity index (χ2n) is 27.4. The van der Waals surface area contributed by atoms with E-state index < -0.39 is 10.8 Å². The third-order valence-corrected chi connectivity index (χ3v) is 19.4. The molecular weight excluding hydrogens is 1120 g/mol. The summed E-state index contributed by atoms with van der Waals surface area (Å²) in [5, 5.41) is 13.6. The Morgan fingerprint density at radius 2 is 0.909 bits per heavy atom. The molecule has 4 fully saturated rings. The molecule has 6 N–H and O–H groups in total. The van der Waals surface area contributed by atoms with Crippen LogP contribution in [0.5, 0.6) is 0 Å². The van der Waals surface area contributed by atoms with Crippen molar-refractivity contribution in [2.45, 2.75) is 115 Å². The fourth-order valence-corrected chi connectivity index (χ4v) is 14.2. The largest absolute Gasteiger partial charge is 0.352 e. The van der Waals surface area contributed by atoms with Crippen molar-refractivity contribution in [3.05, 3.63) is 162 Å². The molecule has 0 radical (unpaired) electrons. The van der Waals surface area contributed by atoms with Crippen molar-refractivity contribution in [3.63, 3.8) is 0 Å². The molecule has 18 nitrogen and oxygen atoms in total. The van der Waals surface area contributed by atoms with Crippen molar-refractivity contribution < 1.29 is 28.0 Å². The summed E-state index contributed by atoms with van der Waals surface area (Å²) in [5.41, 5.74) is 5.44. The molecule has 4 saturated heterocycles. The van der Waals surface area contributed by atoms with Crippen LogP contribution in [0.15, 0.2) is 94.5 Å². The van der Waals surface area contributed by atoms with Gasteiger partial charge in [-0.2, -0.15) is 0 Å². The van der Waals surface area contributed by atoms with Crippen LogP contribution in [-0.2, 0) is 33.3 Å². The van der Waals surface area contributed by atoms with E-state index in [1.54, 1.807) is 48.5 Å². The first-order chi connectivity index (χ1) is 42.1. The number of halogens is 2. The smallest absolute Gasteiger partial charge is 0.251 e. The number of nitrogens with one attached hydrogen (secondary N) is 6. The molecule has 0 spiro atoms. The van der Waals surface area contributed by atoms with Crippen LogP contribution >= 0.6 is 0 Å². The zero-order valence-corrected chi connectivity index (χ0v) is 52.0. The third kappa shape index (κ3) is 14.7. The average Bonchev–Trinajstić information content (AvgIpc) is 1.84. The molecule has 3 aromatic carbocycles. The number of rotatable bonds is 18. The van der Waals surface area contributed by atoms with Crippen molar-refractivity contribution in [3.8, 4) is 0 Å². The molecular formula is C68H88F2N12O6. The van der Waals surface area contributed by atoms with Crippen LogP contribution in [0, 0.1) is 23.5 Å². The summed E-state index contributed by atoms with van der Waals surface area (Å²) >= 11 is 0. The summed E-state index contributed by atoms with van der Waals surface area (Å²) in [7, 11) is 0. The molecule has 20 heteroatoms. The van der Waals surface area contributed by atoms with Gasteiger partial charge in [-0.25, -0.2) is 8.78 Å². The number of aromatic amines is 2. The highest BCUT2D eigenvalue weighted by molar-refractivity contribution is 5.99. The van der Waals surface area contributed by atoms with Gasteiger partial charge in [0.05, 0.1) is 24.5 Å². The number of benzene rings is 3. The highest BCUT2D eigenvalue weighted by Crippen LogP contribution is 2.41. The summed E-state index contributed by atoms with van der Waals surface area (Å²) in [6.07, 6.45) is 4.42. The molecule has 6 aliphatic rings. The van der Waals surface area contributed by atoms with E-state index >= 15 is 0 Å². The number of nitrogens with zero attached hydrogens (tertiary/aromatic N) is 6. The minimum atomic E-state index is -0.435. The number of anilines is 2. The predicted molar refractivity (Wildman–Crippen MR) is 338 cm³/mol. The van der Waals surface area contributed by atoms with Crippen molar-refractivity contribution in [1.82, 2.24) is 50.8 Å². The van der Waals surface area contributed by atoms with E-state index in [-0.39, 0.29) is 83.6 Å². The summed E-state index contributed by atoms with van der Waals surface area (Å²) < 4.78 is 27.3. The molecule has 470 valence electrons. The molecule has 4 amide bonds. The number of H-pyrrole nitrogens is 2. The van der Waals surface area contributed by atoms with Crippen LogP contribution in [0.1, 0.15) is 122 Å². The first kappa shape index (κ1) is 62.7. The van der Waals surface area contributed by atoms with E-state index in [1.807, 2.05) is 49.6 Å². The summed E-state index contributed by atoms with van der Waals surface area (Å²) in [5.74, 6) is -0.334. The Bertz CT molecular complexity index is 3220. The van der Waals surface area contributed by atoms with Crippen LogP contribution in [0.4, 0.5) is 20.2 Å². The highest BCUT2D eigenvalue weighted by atomic mass is 19.1. The van der Waals surface area contributed by atoms with Crippen molar-refractivity contribution in [2.75, 3.05) is 115 Å². The number of pyridine rings is 2. The van der Waals surface area contributed by atoms with Gasteiger partial charge in [0.1, 0.15) is 11.6 Å². The maximum atomic E-state index is 14.3. The van der Waals surface area contributed by atoms with Crippen molar-refractivity contribution in [2.24, 2.45) is 11.8 Å². The van der Waals surface area contributed by atoms with E-state index in [0.717, 1.165) is 125 Å². The Hall–Kier alpha value is -6.94. The molecule has 5 aromatic rings. The number of aromatic nitrogens is 2. The van der Waals surface area contributed by atoms with Gasteiger partial charge in [0, 0.05) is 147 Å². The molecule has 8 heterocycles. The van der Waals surface area contributed by atoms with E-state index in [1.165, 1.54) is 24.3 Å². The second kappa shape index (κ2) is 26.6. The number of hydrogen-bond acceptors (Lipinski definition) is 12. The maximum absolute atomic E-state index is 14.3. The molecule has 0 aliphatic carbocycles. The monoisotopic (exact) mass is 1210 g/mol. The zero-order valence-electron chi connectivity index (χ0n) is 52.0. The first-order valence-corrected chi connectivity index (χ1v) is 31.8. The van der Waals surface area contributed by atoms with Gasteiger partial charge in [0.25, 0.3) is 22.9 Å². The first-order valence-electron chi connectivity index (χ1n) is 31.8. The lowest BCUT2D eigenvalue weighted by Gasteiger charge is -2.43. The van der Waals surface area contributed by atoms with Crippen LogP contribution in [0.2, 0.25) is 0 Å². The highest BCUT2D eigenvalue weighted by Gasteiger charge is 2.43. The zero-order chi connectivity index (χ0) is 62.0. The number of hydrogen-bond donors (Lipinski definition) is 6. The molecule has 11 rings (SSSR count). The summed E-state index contributed by atoms with van der Waals surface area (Å²) in [6.45, 7) is 23.2. The molecule has 0 unspecified atom stereocenters. The average molecular weight is 1210 g/mol. The number of likely N-dealkylation sites (tertiary alicyclic amines) is 2. The molecule has 4 atom stereocenters. The Balaban J connectivity index is 0.597. The van der Waals surface area contributed by atoms with Crippen molar-refractivity contribution in [1.29, 1.82) is 0 Å². The van der Waals surface area contributed by atoms with E-state index in [4.69, 9.17) is 0 Å². The fourth-order valence-electron chi connectivity index (χ4n) is 14.2. The Labute approximate surface area is 515 Å². The minimum absolute atomic E-state index is 0.00245. The molecule has 6 aliphatic heterocycles. The lowest BCUT2D eigenvalue weighted by atomic mass is 9.91. The normalized spacial score (nSPS) is 22.8. The van der Waals surface area contributed by atoms with Crippen LogP contribution in [0.25, 0.3) is 0 Å². The van der Waals surface area contributed by atoms with Gasteiger partial charge in [-0.15, -0.1) is 0 Å². The maximum Gasteiger partial charge on any atom is 0.251 e. The number of piperidine rings is 2. The lowest BCUT2D eigenvalue weighted by molar-refractivity contribution is -0.121. The SMILES string of the molecule is C[C@@H]1CN(CC(=O)N2CC(C)(C)c3[nH]c(=O)c(Cc4ccc(F)cc4)cc32)[C@@H](CN2CCC(CNC(=O)c3ccc(C(=O)NCC4CCN(C[C@H]5CN[C@H](C)CN5CC(=O)N5CC(C)(C)c6[nH]c(=O)c(Cc7ccc(F)cc7)cc65)CC4)cc3)CC2)CN1. The third-order valence-electron chi connectivity index (χ3n) is 19.4. The molecule has 88 heavy (non-hydrogen) atoms. The van der Waals surface area contributed by atoms with Crippen molar-refractivity contribution >= 4 is 35.0 Å². The minimum Gasteiger partial charge on any atom is -0.352 e. The number of carbonyl (C=O) groups excluding carboxylic acids is 4. The van der Waals surface area contributed by atoms with Crippen LogP contribution in [0.3, 0.4) is 0 Å². The molecule has 0 bridgehead atoms. The predicted octanol–water partition coefficient (Wildman–Crippen LogP) is 5.38. The fraction of sp³-hybridized carbons (Fsp3) is 0.529. The number of piperazine rings is 2. The quantitative estimate of drug-likeness (QED) is 0.0656. The van der Waals surface area contributed by atoms with E-state index in [0.29, 0.717) is 73.1 Å². The van der Waals surface area contributed by atoms with Gasteiger partial charge in [0.2, 0.25) is 11.8 Å². The number of fused-ring (bicyclic) bond motifs is 2. The Morgan fingerprint density at radius 1 is 0.545 bits per heavy atom. The summed E-state index contributed by atoms with van der Waals surface area (Å²) in [6, 6.07) is 23.5. The lowest BCUT2D eigenvalue weighted by Crippen LogP contribution is -2.61. The topological polar surface area (TPSA) is 202 Å². The van der Waals surface area contributed by atoms with Gasteiger partial charge in [-0.3, -0.25) is 38.6 Å². The van der Waals surface area contributed by atoms with Crippen LogP contribution < -0.4 is 42.2 Å². The Kier molecular flexibility index (Phi) is 19.0. The summed E-state index contributed by atoms with van der Waals surface area (Å²) in [4.78, 5) is 101. The van der Waals surface area contributed by atoms with Crippen LogP contribution in [-0.4, -0.2) is 182 Å². The van der Waals surface area contributed by atoms with Gasteiger partial charge < -0.3 is 50.8 Å². The van der Waals surface area contributed by atoms with Gasteiger partial charge in [-0.05, 0) is 149 Å². The van der Waals surface area contributed by atoms with E-state index in [9.17, 15) is 37.5 Å².